The van der Waals surface area contributed by atoms with Crippen LogP contribution in [0.25, 0.3) is 10.9 Å². The zero-order valence-corrected chi connectivity index (χ0v) is 12.9. The van der Waals surface area contributed by atoms with Crippen molar-refractivity contribution in [3.05, 3.63) is 54.6 Å². The van der Waals surface area contributed by atoms with Gasteiger partial charge in [-0.2, -0.15) is 0 Å². The normalized spacial score (nSPS) is 10.7. The number of ether oxygens (including phenoxy) is 1. The molecule has 3 rings (SSSR count). The van der Waals surface area contributed by atoms with Crippen molar-refractivity contribution in [3.8, 4) is 5.75 Å². The lowest BCUT2D eigenvalue weighted by atomic mass is 10.2. The number of unbranched alkanes of at least 4 members (excludes halogenated alkanes) is 1. The van der Waals surface area contributed by atoms with Gasteiger partial charge in [0.2, 0.25) is 0 Å². The molecule has 1 aromatic heterocycles. The molecule has 0 fully saturated rings. The van der Waals surface area contributed by atoms with Crippen molar-refractivity contribution < 1.29 is 9.13 Å². The highest BCUT2D eigenvalue weighted by molar-refractivity contribution is 5.91. The van der Waals surface area contributed by atoms with Crippen LogP contribution in [-0.2, 0) is 0 Å². The maximum Gasteiger partial charge on any atom is 0.149 e. The number of anilines is 2. The summed E-state index contributed by atoms with van der Waals surface area (Å²) in [7, 11) is 0. The van der Waals surface area contributed by atoms with Crippen molar-refractivity contribution >= 4 is 22.4 Å². The molecule has 0 amide bonds. The second-order valence-corrected chi connectivity index (χ2v) is 5.18. The monoisotopic (exact) mass is 311 g/mol. The third-order valence-corrected chi connectivity index (χ3v) is 3.51. The first-order valence-electron chi connectivity index (χ1n) is 7.67. The molecule has 0 saturated carbocycles. The molecule has 0 bridgehead atoms. The van der Waals surface area contributed by atoms with Gasteiger partial charge in [-0.3, -0.25) is 0 Å². The number of hydrogen-bond acceptors (Lipinski definition) is 4. The molecular formula is C18H18FN3O. The van der Waals surface area contributed by atoms with E-state index in [-0.39, 0.29) is 5.82 Å². The molecule has 0 radical (unpaired) electrons. The molecule has 4 nitrogen and oxygen atoms in total. The van der Waals surface area contributed by atoms with Crippen molar-refractivity contribution in [3.63, 3.8) is 0 Å². The van der Waals surface area contributed by atoms with Gasteiger partial charge in [0, 0.05) is 5.39 Å². The summed E-state index contributed by atoms with van der Waals surface area (Å²) in [5.41, 5.74) is 1.10. The fraction of sp³-hybridized carbons (Fsp3) is 0.222. The maximum atomic E-state index is 13.8. The van der Waals surface area contributed by atoms with Crippen LogP contribution >= 0.6 is 0 Å². The number of para-hydroxylation sites is 3. The van der Waals surface area contributed by atoms with Crippen molar-refractivity contribution in [2.75, 3.05) is 11.9 Å². The zero-order chi connectivity index (χ0) is 16.1. The van der Waals surface area contributed by atoms with Gasteiger partial charge >= 0.3 is 0 Å². The summed E-state index contributed by atoms with van der Waals surface area (Å²) >= 11 is 0. The predicted molar refractivity (Wildman–Crippen MR) is 89.6 cm³/mol. The zero-order valence-electron chi connectivity index (χ0n) is 12.9. The molecule has 0 unspecified atom stereocenters. The quantitative estimate of drug-likeness (QED) is 0.671. The SMILES string of the molecule is CCCCOc1ccccc1Nc1ncnc2c(F)cccc12. The Hall–Kier alpha value is -2.69. The molecule has 0 spiro atoms. The smallest absolute Gasteiger partial charge is 0.149 e. The van der Waals surface area contributed by atoms with E-state index in [0.29, 0.717) is 23.3 Å². The Morgan fingerprint density at radius 1 is 1.09 bits per heavy atom. The van der Waals surface area contributed by atoms with E-state index in [1.165, 1.54) is 12.4 Å². The van der Waals surface area contributed by atoms with Gasteiger partial charge in [0.1, 0.15) is 29.2 Å². The molecular weight excluding hydrogens is 293 g/mol. The molecule has 118 valence electrons. The van der Waals surface area contributed by atoms with Gasteiger partial charge in [-0.05, 0) is 30.7 Å². The van der Waals surface area contributed by atoms with Crippen LogP contribution in [0.5, 0.6) is 5.75 Å². The minimum absolute atomic E-state index is 0.300. The fourth-order valence-corrected chi connectivity index (χ4v) is 2.30. The summed E-state index contributed by atoms with van der Waals surface area (Å²) in [4.78, 5) is 8.25. The van der Waals surface area contributed by atoms with Crippen molar-refractivity contribution in [2.24, 2.45) is 0 Å². The minimum atomic E-state index is -0.361. The van der Waals surface area contributed by atoms with Crippen LogP contribution in [0.4, 0.5) is 15.9 Å². The molecule has 3 aromatic rings. The van der Waals surface area contributed by atoms with Crippen LogP contribution < -0.4 is 10.1 Å². The van der Waals surface area contributed by atoms with E-state index in [1.54, 1.807) is 12.1 Å². The highest BCUT2D eigenvalue weighted by Gasteiger charge is 2.10. The highest BCUT2D eigenvalue weighted by atomic mass is 19.1. The van der Waals surface area contributed by atoms with E-state index >= 15 is 0 Å². The molecule has 1 heterocycles. The standard InChI is InChI=1S/C18H18FN3O/c1-2-3-11-23-16-10-5-4-9-15(16)22-18-13-7-6-8-14(19)17(13)20-12-21-18/h4-10,12H,2-3,11H2,1H3,(H,20,21,22). The Balaban J connectivity index is 1.92. The number of aromatic nitrogens is 2. The Kier molecular flexibility index (Phi) is 4.66. The van der Waals surface area contributed by atoms with Crippen LogP contribution in [0, 0.1) is 5.82 Å². The molecule has 0 aliphatic carbocycles. The van der Waals surface area contributed by atoms with Crippen LogP contribution in [0.2, 0.25) is 0 Å². The van der Waals surface area contributed by atoms with Gasteiger partial charge in [0.15, 0.2) is 0 Å². The molecule has 0 aliphatic heterocycles. The average molecular weight is 311 g/mol. The van der Waals surface area contributed by atoms with E-state index in [4.69, 9.17) is 4.74 Å². The number of nitrogens with one attached hydrogen (secondary N) is 1. The van der Waals surface area contributed by atoms with Gasteiger partial charge in [-0.15, -0.1) is 0 Å². The highest BCUT2D eigenvalue weighted by Crippen LogP contribution is 2.30. The molecule has 0 aliphatic rings. The minimum Gasteiger partial charge on any atom is -0.491 e. The Bertz CT molecular complexity index is 807. The molecule has 1 N–H and O–H groups in total. The Morgan fingerprint density at radius 2 is 1.96 bits per heavy atom. The number of hydrogen-bond donors (Lipinski definition) is 1. The van der Waals surface area contributed by atoms with Crippen LogP contribution in [-0.4, -0.2) is 16.6 Å². The largest absolute Gasteiger partial charge is 0.491 e. The maximum absolute atomic E-state index is 13.8. The summed E-state index contributed by atoms with van der Waals surface area (Å²) in [6, 6.07) is 12.5. The second kappa shape index (κ2) is 7.05. The lowest BCUT2D eigenvalue weighted by molar-refractivity contribution is 0.311. The lowest BCUT2D eigenvalue weighted by Gasteiger charge is -2.13. The lowest BCUT2D eigenvalue weighted by Crippen LogP contribution is -2.02. The summed E-state index contributed by atoms with van der Waals surface area (Å²) in [5.74, 6) is 0.950. The van der Waals surface area contributed by atoms with Crippen LogP contribution in [0.1, 0.15) is 19.8 Å². The second-order valence-electron chi connectivity index (χ2n) is 5.18. The van der Waals surface area contributed by atoms with E-state index in [2.05, 4.69) is 22.2 Å². The number of nitrogens with zero attached hydrogens (tertiary/aromatic N) is 2. The summed E-state index contributed by atoms with van der Waals surface area (Å²) in [6.45, 7) is 2.78. The van der Waals surface area contributed by atoms with E-state index < -0.39 is 0 Å². The Morgan fingerprint density at radius 3 is 2.83 bits per heavy atom. The van der Waals surface area contributed by atoms with Gasteiger partial charge < -0.3 is 10.1 Å². The van der Waals surface area contributed by atoms with Gasteiger partial charge in [-0.1, -0.05) is 31.5 Å². The third kappa shape index (κ3) is 3.39. The fourth-order valence-electron chi connectivity index (χ4n) is 2.30. The van der Waals surface area contributed by atoms with Gasteiger partial charge in [0.05, 0.1) is 12.3 Å². The molecule has 2 aromatic carbocycles. The van der Waals surface area contributed by atoms with E-state index in [1.807, 2.05) is 24.3 Å². The van der Waals surface area contributed by atoms with E-state index in [9.17, 15) is 4.39 Å². The average Bonchev–Trinajstić information content (AvgIpc) is 2.58. The van der Waals surface area contributed by atoms with Gasteiger partial charge in [0.25, 0.3) is 0 Å². The van der Waals surface area contributed by atoms with Crippen LogP contribution in [0.3, 0.4) is 0 Å². The Labute approximate surface area is 134 Å². The van der Waals surface area contributed by atoms with Crippen molar-refractivity contribution in [2.45, 2.75) is 19.8 Å². The topological polar surface area (TPSA) is 47.0 Å². The number of halogens is 1. The van der Waals surface area contributed by atoms with Crippen LogP contribution in [0.15, 0.2) is 48.8 Å². The summed E-state index contributed by atoms with van der Waals surface area (Å²) < 4.78 is 19.7. The first-order chi connectivity index (χ1) is 11.3. The summed E-state index contributed by atoms with van der Waals surface area (Å²) in [5, 5.41) is 3.86. The number of benzene rings is 2. The van der Waals surface area contributed by atoms with E-state index in [0.717, 1.165) is 24.3 Å². The van der Waals surface area contributed by atoms with Crippen molar-refractivity contribution in [1.29, 1.82) is 0 Å². The first kappa shape index (κ1) is 15.2. The predicted octanol–water partition coefficient (Wildman–Crippen LogP) is 4.69. The molecule has 23 heavy (non-hydrogen) atoms. The molecule has 5 heteroatoms. The molecule has 0 atom stereocenters. The summed E-state index contributed by atoms with van der Waals surface area (Å²) in [6.07, 6.45) is 3.43. The third-order valence-electron chi connectivity index (χ3n) is 3.51. The number of rotatable bonds is 6. The van der Waals surface area contributed by atoms with Gasteiger partial charge in [-0.25, -0.2) is 14.4 Å². The first-order valence-corrected chi connectivity index (χ1v) is 7.67. The number of fused-ring (bicyclic) bond motifs is 1. The molecule has 0 saturated heterocycles. The van der Waals surface area contributed by atoms with Crippen molar-refractivity contribution in [1.82, 2.24) is 9.97 Å².